The molecule has 1 atom stereocenters. The van der Waals surface area contributed by atoms with E-state index < -0.39 is 43.4 Å². The first-order chi connectivity index (χ1) is 21.0. The summed E-state index contributed by atoms with van der Waals surface area (Å²) in [6, 6.07) is 5.56. The molecule has 0 radical (unpaired) electrons. The zero-order valence-electron chi connectivity index (χ0n) is 28.9. The van der Waals surface area contributed by atoms with Crippen molar-refractivity contribution in [2.75, 3.05) is 43.7 Å². The Labute approximate surface area is 274 Å². The number of ether oxygens (including phenoxy) is 1. The van der Waals surface area contributed by atoms with Crippen molar-refractivity contribution in [2.45, 2.75) is 77.6 Å². The zero-order chi connectivity index (χ0) is 35.3. The summed E-state index contributed by atoms with van der Waals surface area (Å²) in [5.41, 5.74) is 1.73. The van der Waals surface area contributed by atoms with Crippen LogP contribution in [0.1, 0.15) is 64.6 Å². The molecule has 46 heavy (non-hydrogen) atoms. The van der Waals surface area contributed by atoms with Crippen LogP contribution in [0.5, 0.6) is 0 Å². The molecule has 0 aliphatic heterocycles. The van der Waals surface area contributed by atoms with E-state index in [0.29, 0.717) is 22.5 Å². The van der Waals surface area contributed by atoms with E-state index in [-0.39, 0.29) is 47.4 Å². The van der Waals surface area contributed by atoms with Crippen molar-refractivity contribution in [2.24, 2.45) is 0 Å². The second-order valence-corrected chi connectivity index (χ2v) is 24.2. The Balaban J connectivity index is 2.62. The van der Waals surface area contributed by atoms with Crippen molar-refractivity contribution in [3.05, 3.63) is 47.4 Å². The molecule has 1 aromatic carbocycles. The Morgan fingerprint density at radius 1 is 1.09 bits per heavy atom. The average molecular weight is 698 g/mol. The molecule has 2 aromatic rings. The highest BCUT2D eigenvalue weighted by Gasteiger charge is 2.40. The van der Waals surface area contributed by atoms with Crippen LogP contribution in [0.2, 0.25) is 18.1 Å². The fourth-order valence-electron chi connectivity index (χ4n) is 4.13. The van der Waals surface area contributed by atoms with Crippen molar-refractivity contribution in [3.8, 4) is 11.3 Å². The fraction of sp³-hybridized carbons (Fsp3) is 0.562. The van der Waals surface area contributed by atoms with Crippen molar-refractivity contribution in [1.82, 2.24) is 9.97 Å². The van der Waals surface area contributed by atoms with Crippen molar-refractivity contribution < 1.29 is 36.1 Å². The van der Waals surface area contributed by atoms with Gasteiger partial charge in [0.25, 0.3) is 0 Å². The number of ketones is 1. The number of hydrogen-bond acceptors (Lipinski definition) is 9. The standard InChI is InChI=1S/C32H49FN3O7PSSi/c1-22(2)29-27(17-16-25(37)20-26(21-28(38)42-7)43-46(10,11)32(3,4)5)30(23-12-14-24(33)15-13-23)35-31(34-29)36(6)45(40,41)19-18-44(8,9)39/h12-17,22,26H,18-21H2,1-11H3/b17-16+/t26-/m0/s1. The second kappa shape index (κ2) is 15.4. The molecule has 0 saturated carbocycles. The molecular weight excluding hydrogens is 648 g/mol. The number of anilines is 1. The number of esters is 1. The van der Waals surface area contributed by atoms with Gasteiger partial charge in [-0.25, -0.2) is 27.1 Å². The molecule has 0 aliphatic carbocycles. The summed E-state index contributed by atoms with van der Waals surface area (Å²) >= 11 is 0. The molecule has 0 fully saturated rings. The van der Waals surface area contributed by atoms with Gasteiger partial charge >= 0.3 is 5.97 Å². The third-order valence-corrected chi connectivity index (χ3v) is 15.8. The first-order valence-electron chi connectivity index (χ1n) is 15.1. The molecule has 1 heterocycles. The van der Waals surface area contributed by atoms with Crippen LogP contribution in [0.4, 0.5) is 10.3 Å². The number of hydrogen-bond donors (Lipinski definition) is 0. The van der Waals surface area contributed by atoms with E-state index in [1.54, 1.807) is 6.08 Å². The average Bonchev–Trinajstić information content (AvgIpc) is 2.93. The highest BCUT2D eigenvalue weighted by molar-refractivity contribution is 7.93. The van der Waals surface area contributed by atoms with Crippen LogP contribution in [0.15, 0.2) is 30.3 Å². The lowest BCUT2D eigenvalue weighted by molar-refractivity contribution is -0.142. The number of methoxy groups -OCH3 is 1. The Hall–Kier alpha value is -2.73. The van der Waals surface area contributed by atoms with Crippen LogP contribution in [0, 0.1) is 5.82 Å². The third kappa shape index (κ3) is 11.2. The molecule has 0 amide bonds. The topological polar surface area (TPSA) is 133 Å². The van der Waals surface area contributed by atoms with E-state index in [9.17, 15) is 27.0 Å². The maximum absolute atomic E-state index is 13.9. The van der Waals surface area contributed by atoms with Gasteiger partial charge in [0.2, 0.25) is 16.0 Å². The minimum atomic E-state index is -3.93. The second-order valence-electron chi connectivity index (χ2n) is 13.7. The number of halogens is 1. The molecule has 0 unspecified atom stereocenters. The lowest BCUT2D eigenvalue weighted by Gasteiger charge is -2.39. The molecule has 1 aromatic heterocycles. The van der Waals surface area contributed by atoms with Gasteiger partial charge in [0.15, 0.2) is 14.1 Å². The molecule has 10 nitrogen and oxygen atoms in total. The largest absolute Gasteiger partial charge is 0.469 e. The Morgan fingerprint density at radius 3 is 2.17 bits per heavy atom. The maximum atomic E-state index is 13.9. The number of allylic oxidation sites excluding steroid dienone is 1. The van der Waals surface area contributed by atoms with Crippen molar-refractivity contribution >= 4 is 49.3 Å². The lowest BCUT2D eigenvalue weighted by atomic mass is 9.97. The Morgan fingerprint density at radius 2 is 1.67 bits per heavy atom. The molecule has 0 aliphatic rings. The first kappa shape index (κ1) is 39.4. The summed E-state index contributed by atoms with van der Waals surface area (Å²) in [6.45, 7) is 17.1. The first-order valence-corrected chi connectivity index (χ1v) is 22.4. The molecule has 0 bridgehead atoms. The van der Waals surface area contributed by atoms with E-state index in [1.807, 2.05) is 26.9 Å². The number of nitrogens with zero attached hydrogens (tertiary/aromatic N) is 3. The van der Waals surface area contributed by atoms with Gasteiger partial charge in [0, 0.05) is 30.8 Å². The van der Waals surface area contributed by atoms with Gasteiger partial charge in [-0.15, -0.1) is 0 Å². The number of rotatable bonds is 15. The van der Waals surface area contributed by atoms with Gasteiger partial charge in [0.1, 0.15) is 5.82 Å². The third-order valence-electron chi connectivity index (χ3n) is 7.97. The smallest absolute Gasteiger partial charge is 0.308 e. The van der Waals surface area contributed by atoms with Crippen molar-refractivity contribution in [3.63, 3.8) is 0 Å². The quantitative estimate of drug-likeness (QED) is 0.0861. The fourth-order valence-corrected chi connectivity index (χ4v) is 8.77. The van der Waals surface area contributed by atoms with Gasteiger partial charge in [-0.1, -0.05) is 34.6 Å². The van der Waals surface area contributed by atoms with E-state index in [0.717, 1.165) is 4.31 Å². The van der Waals surface area contributed by atoms with E-state index in [2.05, 4.69) is 30.7 Å². The molecule has 14 heteroatoms. The van der Waals surface area contributed by atoms with Crippen LogP contribution in [0.3, 0.4) is 0 Å². The molecule has 0 saturated heterocycles. The maximum Gasteiger partial charge on any atom is 0.308 e. The summed E-state index contributed by atoms with van der Waals surface area (Å²) < 4.78 is 64.8. The number of benzene rings is 1. The van der Waals surface area contributed by atoms with E-state index in [1.165, 1.54) is 57.8 Å². The summed E-state index contributed by atoms with van der Waals surface area (Å²) in [5.74, 6) is -1.93. The Kier molecular flexibility index (Phi) is 13.2. The number of carbonyl (C=O) groups is 2. The van der Waals surface area contributed by atoms with Gasteiger partial charge in [-0.2, -0.15) is 0 Å². The van der Waals surface area contributed by atoms with Crippen LogP contribution >= 0.6 is 7.14 Å². The monoisotopic (exact) mass is 697 g/mol. The summed E-state index contributed by atoms with van der Waals surface area (Å²) in [4.78, 5) is 34.7. The van der Waals surface area contributed by atoms with E-state index in [4.69, 9.17) is 9.16 Å². The molecule has 2 rings (SSSR count). The molecule has 256 valence electrons. The van der Waals surface area contributed by atoms with Gasteiger partial charge < -0.3 is 13.7 Å². The number of sulfonamides is 1. The highest BCUT2D eigenvalue weighted by Crippen LogP contribution is 2.39. The van der Waals surface area contributed by atoms with Gasteiger partial charge in [-0.05, 0) is 73.8 Å². The van der Waals surface area contributed by atoms with Crippen LogP contribution in [-0.4, -0.2) is 84.0 Å². The normalized spacial score (nSPS) is 13.7. The minimum absolute atomic E-state index is 0.000569. The predicted octanol–water partition coefficient (Wildman–Crippen LogP) is 6.72. The van der Waals surface area contributed by atoms with Crippen LogP contribution < -0.4 is 4.31 Å². The summed E-state index contributed by atoms with van der Waals surface area (Å²) in [7, 11) is -6.25. The summed E-state index contributed by atoms with van der Waals surface area (Å²) in [5, 5.41) is -0.150. The lowest BCUT2D eigenvalue weighted by Crippen LogP contribution is -2.44. The molecular formula is C32H49FN3O7PSSi. The van der Waals surface area contributed by atoms with Crippen LogP contribution in [-0.2, 0) is 33.3 Å². The number of carbonyl (C=O) groups excluding carboxylic acids is 2. The van der Waals surface area contributed by atoms with E-state index >= 15 is 0 Å². The minimum Gasteiger partial charge on any atom is -0.469 e. The molecule has 0 spiro atoms. The summed E-state index contributed by atoms with van der Waals surface area (Å²) in [6.07, 6.45) is 2.11. The SMILES string of the molecule is COC(=O)C[C@H](CC(=O)/C=C/c1c(-c2ccc(F)cc2)nc(N(C)S(=O)(=O)CCP(C)(C)=O)nc1C(C)C)O[Si](C)(C)C(C)(C)C. The zero-order valence-corrected chi connectivity index (χ0v) is 31.6. The van der Waals surface area contributed by atoms with Gasteiger partial charge in [0.05, 0.1) is 43.9 Å². The highest BCUT2D eigenvalue weighted by atomic mass is 32.2. The van der Waals surface area contributed by atoms with Crippen molar-refractivity contribution in [1.29, 1.82) is 0 Å². The molecule has 0 N–H and O–H groups in total. The number of aromatic nitrogens is 2. The Bertz CT molecular complexity index is 1580. The van der Waals surface area contributed by atoms with Crippen LogP contribution in [0.25, 0.3) is 17.3 Å². The predicted molar refractivity (Wildman–Crippen MR) is 185 cm³/mol. The van der Waals surface area contributed by atoms with Gasteiger partial charge in [-0.3, -0.25) is 9.59 Å².